The van der Waals surface area contributed by atoms with E-state index in [4.69, 9.17) is 0 Å². The van der Waals surface area contributed by atoms with Gasteiger partial charge in [-0.1, -0.05) is 0 Å². The van der Waals surface area contributed by atoms with Gasteiger partial charge in [0.25, 0.3) is 0 Å². The van der Waals surface area contributed by atoms with Gasteiger partial charge < -0.3 is 0 Å². The van der Waals surface area contributed by atoms with Crippen LogP contribution in [0.2, 0.25) is 0 Å². The average molecular weight is 389 g/mol. The van der Waals surface area contributed by atoms with E-state index >= 15 is 0 Å². The van der Waals surface area contributed by atoms with E-state index < -0.39 is 0 Å². The second-order valence-electron chi connectivity index (χ2n) is 1.88. The molecule has 10 heavy (non-hydrogen) atoms. The van der Waals surface area contributed by atoms with Gasteiger partial charge in [-0.25, -0.2) is 0 Å². The van der Waals surface area contributed by atoms with Crippen LogP contribution < -0.4 is 0 Å². The van der Waals surface area contributed by atoms with Crippen molar-refractivity contribution in [3.63, 3.8) is 0 Å². The molecule has 0 aliphatic carbocycles. The molecule has 0 aromatic carbocycles. The van der Waals surface area contributed by atoms with Crippen molar-refractivity contribution < 1.29 is 0 Å². The van der Waals surface area contributed by atoms with Crippen molar-refractivity contribution in [2.45, 2.75) is 15.6 Å². The molecule has 0 aromatic rings. The molecule has 1 saturated heterocycles. The Labute approximate surface area is 97.1 Å². The van der Waals surface area contributed by atoms with Crippen LogP contribution in [0.1, 0.15) is 6.92 Å². The minimum atomic E-state index is 0.304. The Hall–Kier alpha value is 2.61. The summed E-state index contributed by atoms with van der Waals surface area (Å²) in [6.45, 7) is 2.23. The van der Waals surface area contributed by atoms with Crippen LogP contribution >= 0.6 is 37.9 Å². The fourth-order valence-electron chi connectivity index (χ4n) is 0.557. The van der Waals surface area contributed by atoms with E-state index in [1.165, 1.54) is 0 Å². The van der Waals surface area contributed by atoms with Crippen molar-refractivity contribution in [3.05, 3.63) is 0 Å². The summed E-state index contributed by atoms with van der Waals surface area (Å²) in [5.41, 5.74) is 0. The molecule has 1 aliphatic rings. The molecule has 1 fully saturated rings. The third kappa shape index (κ3) is 3.55. The third-order valence-electron chi connectivity index (χ3n) is 0.872. The van der Waals surface area contributed by atoms with Crippen LogP contribution in [-0.4, -0.2) is 53.5 Å². The van der Waals surface area contributed by atoms with Gasteiger partial charge in [0.05, 0.1) is 0 Å². The van der Waals surface area contributed by atoms with E-state index in [1.54, 1.807) is 0 Å². The molecule has 2 unspecified atom stereocenters. The number of hydrogen-bond donors (Lipinski definition) is 3. The normalized spacial score (nSPS) is 49.2. The van der Waals surface area contributed by atoms with Gasteiger partial charge in [0.1, 0.15) is 0 Å². The molecule has 0 saturated carbocycles. The van der Waals surface area contributed by atoms with Gasteiger partial charge >= 0.3 is 98.3 Å². The summed E-state index contributed by atoms with van der Waals surface area (Å²) in [4.78, 5) is 0. The third-order valence-corrected chi connectivity index (χ3v) is 14.6. The first-order valence-electron chi connectivity index (χ1n) is 2.59. The van der Waals surface area contributed by atoms with Crippen LogP contribution in [0.15, 0.2) is 0 Å². The van der Waals surface area contributed by atoms with Gasteiger partial charge in [-0.3, -0.25) is 0 Å². The quantitative estimate of drug-likeness (QED) is 0.381. The van der Waals surface area contributed by atoms with Crippen molar-refractivity contribution in [2.75, 3.05) is 0 Å². The maximum atomic E-state index is 4.60. The van der Waals surface area contributed by atoms with E-state index in [1.807, 2.05) is 0 Å². The Kier molecular flexibility index (Phi) is 4.50. The molecule has 1 heterocycles. The standard InChI is InChI=1S/C4H8S3Se3/c1-4(7)9-2(5)8-3(6)10-4/h2-3,5-7H,1H3. The predicted octanol–water partition coefficient (Wildman–Crippen LogP) is 0.143. The van der Waals surface area contributed by atoms with Crippen LogP contribution in [0.5, 0.6) is 0 Å². The van der Waals surface area contributed by atoms with Crippen LogP contribution in [-0.2, 0) is 0 Å². The molecule has 0 spiro atoms. The number of rotatable bonds is 0. The Morgan fingerprint density at radius 1 is 1.20 bits per heavy atom. The summed E-state index contributed by atoms with van der Waals surface area (Å²) >= 11 is 15.5. The summed E-state index contributed by atoms with van der Waals surface area (Å²) in [5.74, 6) is 0. The number of thiol groups is 3. The van der Waals surface area contributed by atoms with Gasteiger partial charge in [-0.05, 0) is 0 Å². The van der Waals surface area contributed by atoms with Gasteiger partial charge in [0, 0.05) is 0 Å². The fraction of sp³-hybridized carbons (Fsp3) is 1.00. The molecule has 0 radical (unpaired) electrons. The summed E-state index contributed by atoms with van der Waals surface area (Å²) in [7, 11) is 0. The first-order chi connectivity index (χ1) is 4.49. The van der Waals surface area contributed by atoms with Crippen molar-refractivity contribution in [2.24, 2.45) is 0 Å². The molecule has 1 rings (SSSR count). The zero-order valence-corrected chi connectivity index (χ0v) is 13.0. The Morgan fingerprint density at radius 3 is 1.90 bits per heavy atom. The van der Waals surface area contributed by atoms with Crippen LogP contribution in [0.4, 0.5) is 0 Å². The summed E-state index contributed by atoms with van der Waals surface area (Å²) in [6, 6.07) is 0. The van der Waals surface area contributed by atoms with Crippen molar-refractivity contribution in [1.82, 2.24) is 0 Å². The van der Waals surface area contributed by atoms with Gasteiger partial charge in [0.15, 0.2) is 0 Å². The molecular formula is C4H8S3Se3. The Balaban J connectivity index is 2.51. The summed E-state index contributed by atoms with van der Waals surface area (Å²) in [6.07, 6.45) is 0. The predicted molar refractivity (Wildman–Crippen MR) is 60.2 cm³/mol. The summed E-state index contributed by atoms with van der Waals surface area (Å²) < 4.78 is 1.58. The molecule has 0 amide bonds. The molecule has 1 aliphatic heterocycles. The topological polar surface area (TPSA) is 0 Å². The first kappa shape index (κ1) is 10.7. The molecule has 0 bridgehead atoms. The van der Waals surface area contributed by atoms with E-state index in [2.05, 4.69) is 44.8 Å². The maximum absolute atomic E-state index is 4.60. The minimum absolute atomic E-state index is 0.304. The van der Waals surface area contributed by atoms with E-state index in [0.29, 0.717) is 53.5 Å². The Morgan fingerprint density at radius 2 is 1.60 bits per heavy atom. The van der Waals surface area contributed by atoms with Crippen molar-refractivity contribution in [3.8, 4) is 0 Å². The van der Waals surface area contributed by atoms with Crippen molar-refractivity contribution >= 4 is 82.8 Å². The van der Waals surface area contributed by atoms with Crippen molar-refractivity contribution in [1.29, 1.82) is 0 Å². The molecule has 0 aromatic heterocycles. The van der Waals surface area contributed by atoms with Crippen LogP contribution in [0.25, 0.3) is 0 Å². The first-order valence-corrected chi connectivity index (χ1v) is 9.74. The Bertz CT molecular complexity index is 117. The fourth-order valence-corrected chi connectivity index (χ4v) is 29.7. The van der Waals surface area contributed by atoms with Gasteiger partial charge in [0.2, 0.25) is 0 Å². The van der Waals surface area contributed by atoms with Crippen LogP contribution in [0.3, 0.4) is 0 Å². The van der Waals surface area contributed by atoms with Gasteiger partial charge in [-0.2, -0.15) is 0 Å². The van der Waals surface area contributed by atoms with Gasteiger partial charge in [-0.15, -0.1) is 0 Å². The molecule has 0 nitrogen and oxygen atoms in total. The van der Waals surface area contributed by atoms with E-state index in [9.17, 15) is 0 Å². The average Bonchev–Trinajstić information content (AvgIpc) is 1.54. The zero-order chi connectivity index (χ0) is 7.78. The van der Waals surface area contributed by atoms with E-state index in [0.717, 1.165) is 0 Å². The molecule has 0 N–H and O–H groups in total. The second-order valence-corrected chi connectivity index (χ2v) is 21.6. The van der Waals surface area contributed by atoms with E-state index in [-0.39, 0.29) is 0 Å². The summed E-state index contributed by atoms with van der Waals surface area (Å²) in [5, 5.41) is 0. The monoisotopic (exact) mass is 392 g/mol. The molecule has 6 heteroatoms. The number of hydrogen-bond acceptors (Lipinski definition) is 3. The zero-order valence-electron chi connectivity index (χ0n) is 5.22. The molecule has 2 atom stereocenters. The SMILES string of the molecule is CC1(S)[Se]C(S)[Se]C(S)[Se]1. The second kappa shape index (κ2) is 4.21. The van der Waals surface area contributed by atoms with Crippen LogP contribution in [0, 0.1) is 0 Å². The molecular weight excluding hydrogens is 381 g/mol. The molecule has 60 valence electrons.